The van der Waals surface area contributed by atoms with Crippen molar-refractivity contribution in [2.24, 2.45) is 46.3 Å². The number of hydrogen-bond donors (Lipinski definition) is 3. The lowest BCUT2D eigenvalue weighted by atomic mass is 9.43. The van der Waals surface area contributed by atoms with Gasteiger partial charge in [-0.1, -0.05) is 75.2 Å². The Balaban J connectivity index is 1.29. The first-order valence-electron chi connectivity index (χ1n) is 16.9. The maximum absolute atomic E-state index is 11.8. The van der Waals surface area contributed by atoms with Crippen LogP contribution in [-0.2, 0) is 9.53 Å². The highest BCUT2D eigenvalue weighted by Gasteiger charge is 2.65. The predicted octanol–water partition coefficient (Wildman–Crippen LogP) is 7.99. The zero-order chi connectivity index (χ0) is 28.9. The van der Waals surface area contributed by atoms with Crippen LogP contribution in [0.2, 0.25) is 0 Å². The summed E-state index contributed by atoms with van der Waals surface area (Å²) in [4.78, 5) is 11.2. The van der Waals surface area contributed by atoms with Gasteiger partial charge in [0, 0.05) is 18.4 Å². The lowest BCUT2D eigenvalue weighted by molar-refractivity contribution is -0.209. The molecule has 0 heterocycles. The Labute approximate surface area is 252 Å². The molecule has 0 amide bonds. The summed E-state index contributed by atoms with van der Waals surface area (Å²) < 4.78 is 6.42. The number of hydrogen-bond acceptors (Lipinski definition) is 4. The van der Waals surface area contributed by atoms with E-state index in [4.69, 9.17) is 4.74 Å². The Morgan fingerprint density at radius 1 is 0.925 bits per heavy atom. The van der Waals surface area contributed by atoms with E-state index in [-0.39, 0.29) is 41.3 Å². The lowest BCUT2D eigenvalue weighted by Gasteiger charge is -2.63. The van der Waals surface area contributed by atoms with Crippen LogP contribution in [0.15, 0.2) is 0 Å². The molecule has 3 N–H and O–H groups in total. The number of unbranched alkanes of at least 4 members (excludes halogenated alkanes) is 7. The van der Waals surface area contributed by atoms with Gasteiger partial charge < -0.3 is 20.1 Å². The first-order chi connectivity index (χ1) is 19.1. The molecule has 0 aliphatic heterocycles. The molecule has 0 bridgehead atoms. The molecule has 4 saturated carbocycles. The van der Waals surface area contributed by atoms with Gasteiger partial charge >= 0.3 is 5.97 Å². The number of aliphatic hydroxyl groups excluding tert-OH is 2. The number of carbonyl (C=O) groups is 1. The van der Waals surface area contributed by atoms with Crippen LogP contribution in [0.25, 0.3) is 0 Å². The topological polar surface area (TPSA) is 87.0 Å². The third-order valence-electron chi connectivity index (χ3n) is 12.7. The minimum absolute atomic E-state index is 0.161. The molecule has 5 nitrogen and oxygen atoms in total. The maximum Gasteiger partial charge on any atom is 0.303 e. The summed E-state index contributed by atoms with van der Waals surface area (Å²) in [5.74, 6) is 1.27. The van der Waals surface area contributed by atoms with E-state index in [1.165, 1.54) is 44.9 Å². The second-order valence-corrected chi connectivity index (χ2v) is 15.6. The molecule has 0 spiro atoms. The van der Waals surface area contributed by atoms with Crippen LogP contribution in [0.3, 0.4) is 0 Å². The van der Waals surface area contributed by atoms with Gasteiger partial charge in [0.15, 0.2) is 0 Å². The van der Waals surface area contributed by atoms with Crippen molar-refractivity contribution in [3.8, 4) is 0 Å². The standard InChI is InChI=1S/C34H59BrO5/c1-23(12-15-31(38)39)26-13-14-27-32-28(22-30(37)34(26,27)3)33(2)17-16-25(20-24(33)21-29(32)36)40-19-11-9-7-5-4-6-8-10-18-35/h23-30,32,36-37H,4-22H2,1-3H3,(H,38,39)/t23-,24+,25?,26-,27+,28+,29-,30+,32+,33+,34-/m1/s1. The molecule has 0 radical (unpaired) electrons. The van der Waals surface area contributed by atoms with Crippen molar-refractivity contribution in [3.63, 3.8) is 0 Å². The van der Waals surface area contributed by atoms with Crippen molar-refractivity contribution >= 4 is 21.9 Å². The molecule has 40 heavy (non-hydrogen) atoms. The first kappa shape index (κ1) is 32.7. The molecule has 0 aromatic carbocycles. The number of rotatable bonds is 15. The van der Waals surface area contributed by atoms with E-state index in [0.717, 1.165) is 63.3 Å². The zero-order valence-electron chi connectivity index (χ0n) is 25.7. The highest BCUT2D eigenvalue weighted by atomic mass is 79.9. The highest BCUT2D eigenvalue weighted by molar-refractivity contribution is 9.09. The number of aliphatic hydroxyl groups is 2. The Hall–Kier alpha value is -0.170. The minimum Gasteiger partial charge on any atom is -0.481 e. The van der Waals surface area contributed by atoms with E-state index in [1.54, 1.807) is 0 Å². The molecule has 4 aliphatic rings. The lowest BCUT2D eigenvalue weighted by Crippen LogP contribution is -2.62. The molecule has 232 valence electrons. The summed E-state index contributed by atoms with van der Waals surface area (Å²) in [5.41, 5.74) is -0.0644. The van der Waals surface area contributed by atoms with Crippen LogP contribution < -0.4 is 0 Å². The van der Waals surface area contributed by atoms with Gasteiger partial charge in [0.05, 0.1) is 18.3 Å². The fourth-order valence-corrected chi connectivity index (χ4v) is 10.7. The zero-order valence-corrected chi connectivity index (χ0v) is 27.3. The van der Waals surface area contributed by atoms with Gasteiger partial charge in [-0.15, -0.1) is 0 Å². The van der Waals surface area contributed by atoms with Gasteiger partial charge in [-0.05, 0) is 111 Å². The second-order valence-electron chi connectivity index (χ2n) is 14.8. The van der Waals surface area contributed by atoms with Crippen LogP contribution >= 0.6 is 15.9 Å². The number of carboxylic acid groups (broad SMARTS) is 1. The molecular weight excluding hydrogens is 568 g/mol. The van der Waals surface area contributed by atoms with Crippen LogP contribution in [0.4, 0.5) is 0 Å². The summed E-state index contributed by atoms with van der Waals surface area (Å²) in [6.07, 6.45) is 18.0. The molecule has 6 heteroatoms. The summed E-state index contributed by atoms with van der Waals surface area (Å²) in [5, 5.41) is 33.8. The fraction of sp³-hybridized carbons (Fsp3) is 0.971. The van der Waals surface area contributed by atoms with E-state index in [2.05, 4.69) is 36.7 Å². The van der Waals surface area contributed by atoms with Crippen LogP contribution in [0.1, 0.15) is 130 Å². The average Bonchev–Trinajstić information content (AvgIpc) is 3.28. The Bertz CT molecular complexity index is 807. The highest BCUT2D eigenvalue weighted by Crippen LogP contribution is 2.68. The number of ether oxygens (including phenoxy) is 1. The molecule has 4 aliphatic carbocycles. The van der Waals surface area contributed by atoms with Crippen molar-refractivity contribution in [1.82, 2.24) is 0 Å². The molecule has 0 saturated heterocycles. The summed E-state index contributed by atoms with van der Waals surface area (Å²) in [7, 11) is 0. The maximum atomic E-state index is 11.8. The minimum atomic E-state index is -0.732. The van der Waals surface area contributed by atoms with E-state index in [0.29, 0.717) is 36.2 Å². The number of fused-ring (bicyclic) bond motifs is 5. The number of aliphatic carboxylic acids is 1. The van der Waals surface area contributed by atoms with Crippen LogP contribution in [-0.4, -0.2) is 51.5 Å². The fourth-order valence-electron chi connectivity index (χ4n) is 10.3. The first-order valence-corrected chi connectivity index (χ1v) is 18.0. The van der Waals surface area contributed by atoms with Gasteiger partial charge in [-0.2, -0.15) is 0 Å². The third kappa shape index (κ3) is 6.97. The average molecular weight is 628 g/mol. The Morgan fingerprint density at radius 2 is 1.60 bits per heavy atom. The van der Waals surface area contributed by atoms with Crippen LogP contribution in [0.5, 0.6) is 0 Å². The van der Waals surface area contributed by atoms with E-state index in [9.17, 15) is 20.1 Å². The predicted molar refractivity (Wildman–Crippen MR) is 165 cm³/mol. The summed E-state index contributed by atoms with van der Waals surface area (Å²) in [6.45, 7) is 7.78. The van der Waals surface area contributed by atoms with Crippen molar-refractivity contribution in [2.45, 2.75) is 148 Å². The number of alkyl halides is 1. The second kappa shape index (κ2) is 14.5. The van der Waals surface area contributed by atoms with Crippen LogP contribution in [0, 0.1) is 46.3 Å². The van der Waals surface area contributed by atoms with Crippen molar-refractivity contribution < 1.29 is 24.9 Å². The van der Waals surface area contributed by atoms with E-state index in [1.807, 2.05) is 0 Å². The van der Waals surface area contributed by atoms with E-state index >= 15 is 0 Å². The summed E-state index contributed by atoms with van der Waals surface area (Å²) in [6, 6.07) is 0. The Kier molecular flexibility index (Phi) is 11.9. The third-order valence-corrected chi connectivity index (χ3v) is 13.3. The molecule has 11 atom stereocenters. The van der Waals surface area contributed by atoms with Gasteiger partial charge in [0.2, 0.25) is 0 Å². The monoisotopic (exact) mass is 626 g/mol. The molecule has 4 rings (SSSR count). The Morgan fingerprint density at radius 3 is 2.27 bits per heavy atom. The largest absolute Gasteiger partial charge is 0.481 e. The van der Waals surface area contributed by atoms with E-state index < -0.39 is 5.97 Å². The number of carboxylic acids is 1. The van der Waals surface area contributed by atoms with Gasteiger partial charge in [0.25, 0.3) is 0 Å². The molecular formula is C34H59BrO5. The van der Waals surface area contributed by atoms with Gasteiger partial charge in [0.1, 0.15) is 0 Å². The summed E-state index contributed by atoms with van der Waals surface area (Å²) >= 11 is 3.51. The molecule has 1 unspecified atom stereocenters. The molecule has 0 aromatic heterocycles. The smallest absolute Gasteiger partial charge is 0.303 e. The SMILES string of the molecule is C[C@H](CCC(=O)O)[C@H]1CC[C@H]2[C@@H]3[C@H](O)C[C@@H]4CC(OCCCCCCCCCCBr)CC[C@]4(C)[C@H]3C[C@H](O)[C@]12C. The molecule has 0 aromatic rings. The van der Waals surface area contributed by atoms with Gasteiger partial charge in [-0.3, -0.25) is 4.79 Å². The van der Waals surface area contributed by atoms with Gasteiger partial charge in [-0.25, -0.2) is 0 Å². The normalized spacial score (nSPS) is 41.6. The van der Waals surface area contributed by atoms with Crippen molar-refractivity contribution in [1.29, 1.82) is 0 Å². The molecule has 4 fully saturated rings. The number of halogens is 1. The van der Waals surface area contributed by atoms with Crippen molar-refractivity contribution in [2.75, 3.05) is 11.9 Å². The quantitative estimate of drug-likeness (QED) is 0.127. The van der Waals surface area contributed by atoms with Crippen molar-refractivity contribution in [3.05, 3.63) is 0 Å².